The topological polar surface area (TPSA) is 76.7 Å². The van der Waals surface area contributed by atoms with Crippen molar-refractivity contribution in [3.05, 3.63) is 179 Å². The summed E-state index contributed by atoms with van der Waals surface area (Å²) in [6.45, 7) is 8.45. The van der Waals surface area contributed by atoms with Gasteiger partial charge in [0, 0.05) is 11.4 Å². The van der Waals surface area contributed by atoms with Gasteiger partial charge in [-0.15, -0.1) is 0 Å². The van der Waals surface area contributed by atoms with Crippen LogP contribution < -0.4 is 20.1 Å². The Bertz CT molecular complexity index is 2120. The van der Waals surface area contributed by atoms with E-state index in [1.54, 1.807) is 0 Å². The van der Waals surface area contributed by atoms with Crippen LogP contribution in [0.3, 0.4) is 0 Å². The minimum atomic E-state index is -0.635. The Morgan fingerprint density at radius 1 is 0.509 bits per heavy atom. The molecule has 0 heterocycles. The van der Waals surface area contributed by atoms with Crippen LogP contribution in [0, 0.1) is 0 Å². The largest absolute Gasteiger partial charge is 0.483 e. The first-order valence-corrected chi connectivity index (χ1v) is 19.3. The molecule has 0 radical (unpaired) electrons. The number of hydrogen-bond donors (Lipinski definition) is 2. The fourth-order valence-electron chi connectivity index (χ4n) is 7.79. The molecule has 7 rings (SSSR count). The lowest BCUT2D eigenvalue weighted by Gasteiger charge is -2.34. The first kappa shape index (κ1) is 37.2. The number of nitrogens with one attached hydrogen (secondary N) is 2. The molecule has 6 aromatic rings. The number of carbonyl (C=O) groups is 2. The summed E-state index contributed by atoms with van der Waals surface area (Å²) in [4.78, 5) is 26.2. The molecular formula is C49H48N2O4. The van der Waals surface area contributed by atoms with Gasteiger partial charge in [0.05, 0.1) is 5.41 Å². The minimum Gasteiger partial charge on any atom is -0.483 e. The summed E-state index contributed by atoms with van der Waals surface area (Å²) in [6, 6.07) is 49.1. The molecule has 0 aliphatic heterocycles. The third kappa shape index (κ3) is 7.50. The average molecular weight is 729 g/mol. The number of fused-ring (bicyclic) bond motifs is 3. The van der Waals surface area contributed by atoms with Crippen molar-refractivity contribution in [2.75, 3.05) is 23.8 Å². The summed E-state index contributed by atoms with van der Waals surface area (Å²) in [5, 5.41) is 6.05. The van der Waals surface area contributed by atoms with E-state index in [1.807, 2.05) is 60.7 Å². The number of ether oxygens (including phenoxy) is 2. The minimum absolute atomic E-state index is 0.0831. The van der Waals surface area contributed by atoms with Crippen LogP contribution in [0.1, 0.15) is 85.8 Å². The predicted octanol–water partition coefficient (Wildman–Crippen LogP) is 11.1. The summed E-state index contributed by atoms with van der Waals surface area (Å²) in [7, 11) is 0. The standard InChI is InChI=1S/C49H48N2O4/c1-5-33(3)39-15-9-13-21-45(39)54-31-47(52)50-37-27-23-35(24-28-37)49(43-19-11-7-17-41(43)42-18-8-12-20-44(42)49)36-25-29-38(30-26-36)51-48(53)32-55-46-22-14-10-16-40(46)34(4)6-2/h7-30,33-34H,5-6,31-32H2,1-4H3,(H,50,52)(H,51,53). The van der Waals surface area contributed by atoms with Crippen LogP contribution in [-0.4, -0.2) is 25.0 Å². The van der Waals surface area contributed by atoms with Gasteiger partial charge < -0.3 is 20.1 Å². The lowest BCUT2D eigenvalue weighted by molar-refractivity contribution is -0.118. The molecule has 2 unspecified atom stereocenters. The highest BCUT2D eigenvalue weighted by Gasteiger charge is 2.45. The fourth-order valence-corrected chi connectivity index (χ4v) is 7.79. The van der Waals surface area contributed by atoms with Crippen molar-refractivity contribution in [1.29, 1.82) is 0 Å². The van der Waals surface area contributed by atoms with Crippen molar-refractivity contribution in [2.45, 2.75) is 57.8 Å². The number of hydrogen-bond acceptors (Lipinski definition) is 4. The molecule has 55 heavy (non-hydrogen) atoms. The molecule has 0 saturated heterocycles. The van der Waals surface area contributed by atoms with E-state index in [0.717, 1.165) is 46.6 Å². The van der Waals surface area contributed by atoms with E-state index in [-0.39, 0.29) is 25.0 Å². The quantitative estimate of drug-likeness (QED) is 0.117. The van der Waals surface area contributed by atoms with Crippen LogP contribution >= 0.6 is 0 Å². The molecule has 0 saturated carbocycles. The molecular weight excluding hydrogens is 681 g/mol. The van der Waals surface area contributed by atoms with Crippen molar-refractivity contribution >= 4 is 23.2 Å². The van der Waals surface area contributed by atoms with Gasteiger partial charge in [0.1, 0.15) is 11.5 Å². The number of benzene rings is 6. The summed E-state index contributed by atoms with van der Waals surface area (Å²) in [5.41, 5.74) is 9.78. The fraction of sp³-hybridized carbons (Fsp3) is 0.224. The zero-order valence-electron chi connectivity index (χ0n) is 32.0. The highest BCUT2D eigenvalue weighted by molar-refractivity contribution is 5.93. The second-order valence-electron chi connectivity index (χ2n) is 14.4. The van der Waals surface area contributed by atoms with Gasteiger partial charge in [-0.1, -0.05) is 137 Å². The molecule has 2 atom stereocenters. The molecule has 278 valence electrons. The molecule has 1 aliphatic rings. The van der Waals surface area contributed by atoms with Gasteiger partial charge in [-0.3, -0.25) is 9.59 Å². The normalized spacial score (nSPS) is 13.5. The predicted molar refractivity (Wildman–Crippen MR) is 222 cm³/mol. The third-order valence-corrected chi connectivity index (χ3v) is 11.0. The Kier molecular flexibility index (Phi) is 11.1. The SMILES string of the molecule is CCC(C)c1ccccc1OCC(=O)Nc1ccc(C2(c3ccc(NC(=O)COc4ccccc4C(C)CC)cc3)c3ccccc3-c3ccccc32)cc1. The van der Waals surface area contributed by atoms with Crippen LogP contribution in [-0.2, 0) is 15.0 Å². The summed E-state index contributed by atoms with van der Waals surface area (Å²) < 4.78 is 12.0. The number of para-hydroxylation sites is 2. The van der Waals surface area contributed by atoms with Crippen molar-refractivity contribution in [1.82, 2.24) is 0 Å². The van der Waals surface area contributed by atoms with Crippen molar-refractivity contribution in [3.63, 3.8) is 0 Å². The zero-order chi connectivity index (χ0) is 38.4. The Morgan fingerprint density at radius 3 is 1.27 bits per heavy atom. The first-order chi connectivity index (χ1) is 26.8. The van der Waals surface area contributed by atoms with Gasteiger partial charge in [-0.05, 0) is 106 Å². The molecule has 0 bridgehead atoms. The molecule has 2 amide bonds. The maximum absolute atomic E-state index is 13.1. The van der Waals surface area contributed by atoms with Gasteiger partial charge in [0.25, 0.3) is 11.8 Å². The number of rotatable bonds is 14. The maximum Gasteiger partial charge on any atom is 0.262 e. The summed E-state index contributed by atoms with van der Waals surface area (Å²) in [5.74, 6) is 1.71. The van der Waals surface area contributed by atoms with Crippen molar-refractivity contribution in [2.24, 2.45) is 0 Å². The molecule has 6 heteroatoms. The van der Waals surface area contributed by atoms with Gasteiger partial charge in [0.15, 0.2) is 13.2 Å². The number of carbonyl (C=O) groups excluding carboxylic acids is 2. The number of anilines is 2. The van der Waals surface area contributed by atoms with Gasteiger partial charge in [-0.25, -0.2) is 0 Å². The lowest BCUT2D eigenvalue weighted by atomic mass is 9.67. The molecule has 2 N–H and O–H groups in total. The highest BCUT2D eigenvalue weighted by Crippen LogP contribution is 2.56. The summed E-state index contributed by atoms with van der Waals surface area (Å²) in [6.07, 6.45) is 1.97. The Balaban J connectivity index is 1.13. The van der Waals surface area contributed by atoms with Crippen LogP contribution in [0.2, 0.25) is 0 Å². The van der Waals surface area contributed by atoms with E-state index in [2.05, 4.69) is 123 Å². The second kappa shape index (κ2) is 16.5. The third-order valence-electron chi connectivity index (χ3n) is 11.0. The van der Waals surface area contributed by atoms with Crippen LogP contribution in [0.25, 0.3) is 11.1 Å². The monoisotopic (exact) mass is 728 g/mol. The summed E-state index contributed by atoms with van der Waals surface area (Å²) >= 11 is 0. The van der Waals surface area contributed by atoms with E-state index in [4.69, 9.17) is 9.47 Å². The van der Waals surface area contributed by atoms with E-state index in [9.17, 15) is 9.59 Å². The van der Waals surface area contributed by atoms with Crippen LogP contribution in [0.4, 0.5) is 11.4 Å². The van der Waals surface area contributed by atoms with Crippen LogP contribution in [0.15, 0.2) is 146 Å². The lowest BCUT2D eigenvalue weighted by Crippen LogP contribution is -2.29. The second-order valence-corrected chi connectivity index (χ2v) is 14.4. The number of amides is 2. The molecule has 1 aliphatic carbocycles. The Hall–Kier alpha value is -6.14. The van der Waals surface area contributed by atoms with Gasteiger partial charge >= 0.3 is 0 Å². The van der Waals surface area contributed by atoms with Gasteiger partial charge in [-0.2, -0.15) is 0 Å². The molecule has 0 spiro atoms. The first-order valence-electron chi connectivity index (χ1n) is 19.3. The van der Waals surface area contributed by atoms with E-state index >= 15 is 0 Å². The molecule has 6 aromatic carbocycles. The zero-order valence-corrected chi connectivity index (χ0v) is 32.0. The molecule has 6 nitrogen and oxygen atoms in total. The highest BCUT2D eigenvalue weighted by atomic mass is 16.5. The van der Waals surface area contributed by atoms with Gasteiger partial charge in [0.2, 0.25) is 0 Å². The maximum atomic E-state index is 13.1. The van der Waals surface area contributed by atoms with E-state index in [0.29, 0.717) is 23.2 Å². The molecule has 0 aromatic heterocycles. The van der Waals surface area contributed by atoms with E-state index < -0.39 is 5.41 Å². The Morgan fingerprint density at radius 2 is 0.873 bits per heavy atom. The van der Waals surface area contributed by atoms with Crippen molar-refractivity contribution in [3.8, 4) is 22.6 Å². The Labute approximate surface area is 324 Å². The van der Waals surface area contributed by atoms with E-state index in [1.165, 1.54) is 22.3 Å². The van der Waals surface area contributed by atoms with Crippen LogP contribution in [0.5, 0.6) is 11.5 Å². The van der Waals surface area contributed by atoms with Crippen molar-refractivity contribution < 1.29 is 19.1 Å². The smallest absolute Gasteiger partial charge is 0.262 e. The average Bonchev–Trinajstić information content (AvgIpc) is 3.53. The molecule has 0 fully saturated rings.